The Kier molecular flexibility index (Phi) is 5.63. The maximum atomic E-state index is 13.2. The van der Waals surface area contributed by atoms with E-state index in [-0.39, 0.29) is 35.6 Å². The van der Waals surface area contributed by atoms with E-state index >= 15 is 0 Å². The molecule has 3 aromatic rings. The minimum atomic E-state index is -0.287. The maximum Gasteiger partial charge on any atom is 0.240 e. The number of carbonyl (C=O) groups is 2. The Balaban J connectivity index is 1.60. The van der Waals surface area contributed by atoms with Crippen molar-refractivity contribution in [1.29, 1.82) is 0 Å². The second-order valence-corrected chi connectivity index (χ2v) is 7.50. The molecule has 2 heterocycles. The molecular formula is C23H23N3O4. The lowest BCUT2D eigenvalue weighted by atomic mass is 9.96. The molecule has 2 amide bonds. The van der Waals surface area contributed by atoms with Crippen molar-refractivity contribution in [3.8, 4) is 11.1 Å². The van der Waals surface area contributed by atoms with E-state index in [0.29, 0.717) is 48.0 Å². The molecule has 1 saturated heterocycles. The van der Waals surface area contributed by atoms with Crippen molar-refractivity contribution in [2.45, 2.75) is 12.8 Å². The number of anilines is 1. The topological polar surface area (TPSA) is 106 Å². The van der Waals surface area contributed by atoms with Gasteiger partial charge in [0.2, 0.25) is 23.1 Å². The summed E-state index contributed by atoms with van der Waals surface area (Å²) in [5, 5.41) is 3.25. The second-order valence-electron chi connectivity index (χ2n) is 7.50. The summed E-state index contributed by atoms with van der Waals surface area (Å²) < 4.78 is 5.92. The van der Waals surface area contributed by atoms with Crippen LogP contribution in [0, 0.1) is 5.92 Å². The summed E-state index contributed by atoms with van der Waals surface area (Å²) in [6.45, 7) is 1.39. The van der Waals surface area contributed by atoms with E-state index < -0.39 is 0 Å². The van der Waals surface area contributed by atoms with E-state index in [1.165, 1.54) is 0 Å². The van der Waals surface area contributed by atoms with Gasteiger partial charge in [0.25, 0.3) is 0 Å². The van der Waals surface area contributed by atoms with Crippen molar-refractivity contribution in [3.63, 3.8) is 0 Å². The van der Waals surface area contributed by atoms with Crippen molar-refractivity contribution >= 4 is 28.7 Å². The van der Waals surface area contributed by atoms with Gasteiger partial charge in [0.05, 0.1) is 17.5 Å². The standard InChI is InChI=1S/C23H23N3O4/c24-22(29)16-10-12-26(13-11-16)14-19(27)25-23-20(15-6-2-1-3-7-15)21(28)17-8-4-5-9-18(17)30-23/h1-9,16H,10-14H2,(H2,24,29)(H,25,27). The van der Waals surface area contributed by atoms with Crippen LogP contribution in [-0.4, -0.2) is 36.3 Å². The van der Waals surface area contributed by atoms with Crippen LogP contribution >= 0.6 is 0 Å². The summed E-state index contributed by atoms with van der Waals surface area (Å²) in [5.41, 5.74) is 6.60. The fraction of sp³-hybridized carbons (Fsp3) is 0.261. The van der Waals surface area contributed by atoms with Crippen LogP contribution in [0.25, 0.3) is 22.1 Å². The molecule has 0 spiro atoms. The lowest BCUT2D eigenvalue weighted by Gasteiger charge is -2.29. The molecule has 1 aliphatic heterocycles. The number of benzene rings is 2. The first-order valence-corrected chi connectivity index (χ1v) is 9.95. The summed E-state index contributed by atoms with van der Waals surface area (Å²) >= 11 is 0. The highest BCUT2D eigenvalue weighted by Crippen LogP contribution is 2.28. The van der Waals surface area contributed by atoms with Crippen LogP contribution in [0.2, 0.25) is 0 Å². The van der Waals surface area contributed by atoms with Crippen molar-refractivity contribution in [1.82, 2.24) is 4.90 Å². The van der Waals surface area contributed by atoms with E-state index in [1.807, 2.05) is 35.2 Å². The van der Waals surface area contributed by atoms with Gasteiger partial charge in [0, 0.05) is 5.92 Å². The quantitative estimate of drug-likeness (QED) is 0.679. The molecule has 0 bridgehead atoms. The summed E-state index contributed by atoms with van der Waals surface area (Å²) in [5.74, 6) is -0.554. The monoisotopic (exact) mass is 405 g/mol. The van der Waals surface area contributed by atoms with Crippen LogP contribution in [0.5, 0.6) is 0 Å². The normalized spacial score (nSPS) is 15.2. The average molecular weight is 405 g/mol. The number of primary amides is 1. The number of amides is 2. The third kappa shape index (κ3) is 4.11. The second kappa shape index (κ2) is 8.51. The van der Waals surface area contributed by atoms with Crippen molar-refractivity contribution in [2.24, 2.45) is 11.7 Å². The average Bonchev–Trinajstić information content (AvgIpc) is 2.75. The van der Waals surface area contributed by atoms with Gasteiger partial charge in [-0.2, -0.15) is 0 Å². The SMILES string of the molecule is NC(=O)C1CCN(CC(=O)Nc2oc3ccccc3c(=O)c2-c2ccccc2)CC1. The van der Waals surface area contributed by atoms with Crippen molar-refractivity contribution < 1.29 is 14.0 Å². The minimum absolute atomic E-state index is 0.132. The van der Waals surface area contributed by atoms with Gasteiger partial charge < -0.3 is 10.2 Å². The first-order valence-electron chi connectivity index (χ1n) is 9.95. The highest BCUT2D eigenvalue weighted by atomic mass is 16.4. The van der Waals surface area contributed by atoms with Crippen LogP contribution in [0.4, 0.5) is 5.88 Å². The van der Waals surface area contributed by atoms with Gasteiger partial charge in [0.1, 0.15) is 5.58 Å². The van der Waals surface area contributed by atoms with Gasteiger partial charge in [0.15, 0.2) is 0 Å². The van der Waals surface area contributed by atoms with E-state index in [0.717, 1.165) is 0 Å². The number of nitrogens with one attached hydrogen (secondary N) is 1. The number of para-hydroxylation sites is 1. The molecule has 7 heteroatoms. The molecular weight excluding hydrogens is 382 g/mol. The van der Waals surface area contributed by atoms with Gasteiger partial charge in [-0.15, -0.1) is 0 Å². The molecule has 2 aromatic carbocycles. The maximum absolute atomic E-state index is 13.2. The Morgan fingerprint density at radius 3 is 2.40 bits per heavy atom. The molecule has 7 nitrogen and oxygen atoms in total. The molecule has 0 saturated carbocycles. The summed E-state index contributed by atoms with van der Waals surface area (Å²) in [6, 6.07) is 16.1. The van der Waals surface area contributed by atoms with Crippen molar-refractivity contribution in [2.75, 3.05) is 25.0 Å². The molecule has 0 aliphatic carbocycles. The number of likely N-dealkylation sites (tertiary alicyclic amines) is 1. The van der Waals surface area contributed by atoms with Gasteiger partial charge in [-0.25, -0.2) is 0 Å². The molecule has 3 N–H and O–H groups in total. The van der Waals surface area contributed by atoms with E-state index in [4.69, 9.17) is 10.2 Å². The van der Waals surface area contributed by atoms with E-state index in [9.17, 15) is 14.4 Å². The Morgan fingerprint density at radius 1 is 1.03 bits per heavy atom. The molecule has 1 fully saturated rings. The molecule has 0 radical (unpaired) electrons. The third-order valence-corrected chi connectivity index (χ3v) is 5.47. The van der Waals surface area contributed by atoms with E-state index in [1.54, 1.807) is 24.3 Å². The summed E-state index contributed by atoms with van der Waals surface area (Å²) in [4.78, 5) is 39.2. The van der Waals surface area contributed by atoms with Crippen LogP contribution in [0.3, 0.4) is 0 Å². The van der Waals surface area contributed by atoms with Gasteiger partial charge in [-0.3, -0.25) is 24.6 Å². The van der Waals surface area contributed by atoms with Gasteiger partial charge in [-0.05, 0) is 43.6 Å². The van der Waals surface area contributed by atoms with Crippen LogP contribution in [0.15, 0.2) is 63.8 Å². The fourth-order valence-corrected chi connectivity index (χ4v) is 3.84. The Hall–Kier alpha value is -3.45. The molecule has 0 unspecified atom stereocenters. The van der Waals surface area contributed by atoms with Crippen molar-refractivity contribution in [3.05, 3.63) is 64.8 Å². The van der Waals surface area contributed by atoms with Gasteiger partial charge >= 0.3 is 0 Å². The zero-order valence-corrected chi connectivity index (χ0v) is 16.5. The van der Waals surface area contributed by atoms with E-state index in [2.05, 4.69) is 5.32 Å². The highest BCUT2D eigenvalue weighted by molar-refractivity contribution is 5.97. The predicted molar refractivity (Wildman–Crippen MR) is 115 cm³/mol. The molecule has 0 atom stereocenters. The number of piperidine rings is 1. The zero-order chi connectivity index (χ0) is 21.1. The number of rotatable bonds is 5. The summed E-state index contributed by atoms with van der Waals surface area (Å²) in [6.07, 6.45) is 1.28. The number of fused-ring (bicyclic) bond motifs is 1. The number of carbonyl (C=O) groups excluding carboxylic acids is 2. The van der Waals surface area contributed by atoms with Crippen LogP contribution in [0.1, 0.15) is 12.8 Å². The largest absolute Gasteiger partial charge is 0.439 e. The highest BCUT2D eigenvalue weighted by Gasteiger charge is 2.25. The van der Waals surface area contributed by atoms with Crippen LogP contribution in [-0.2, 0) is 9.59 Å². The number of nitrogens with zero attached hydrogens (tertiary/aromatic N) is 1. The Bertz CT molecular complexity index is 1130. The first kappa shape index (κ1) is 19.8. The molecule has 4 rings (SSSR count). The Morgan fingerprint density at radius 2 is 1.70 bits per heavy atom. The predicted octanol–water partition coefficient (Wildman–Crippen LogP) is 2.60. The third-order valence-electron chi connectivity index (χ3n) is 5.47. The Labute approximate surface area is 173 Å². The first-order chi connectivity index (χ1) is 14.5. The molecule has 1 aliphatic rings. The lowest BCUT2D eigenvalue weighted by molar-refractivity contribution is -0.123. The minimum Gasteiger partial charge on any atom is -0.439 e. The number of hydrogen-bond acceptors (Lipinski definition) is 5. The smallest absolute Gasteiger partial charge is 0.240 e. The summed E-state index contributed by atoms with van der Waals surface area (Å²) in [7, 11) is 0. The zero-order valence-electron chi connectivity index (χ0n) is 16.5. The number of hydrogen-bond donors (Lipinski definition) is 2. The fourth-order valence-electron chi connectivity index (χ4n) is 3.84. The number of nitrogens with two attached hydrogens (primary N) is 1. The molecule has 30 heavy (non-hydrogen) atoms. The van der Waals surface area contributed by atoms with Crippen LogP contribution < -0.4 is 16.5 Å². The lowest BCUT2D eigenvalue weighted by Crippen LogP contribution is -2.42. The molecule has 154 valence electrons. The molecule has 1 aromatic heterocycles. The van der Waals surface area contributed by atoms with Gasteiger partial charge in [-0.1, -0.05) is 42.5 Å².